The molecule has 0 aromatic heterocycles. The first-order valence-electron chi connectivity index (χ1n) is 6.95. The number of hydrogen-bond acceptors (Lipinski definition) is 2. The lowest BCUT2D eigenvalue weighted by Crippen LogP contribution is -2.42. The van der Waals surface area contributed by atoms with E-state index < -0.39 is 0 Å². The van der Waals surface area contributed by atoms with Crippen LogP contribution >= 0.6 is 0 Å². The zero-order valence-corrected chi connectivity index (χ0v) is 11.3. The Balaban J connectivity index is 2.40. The SMILES string of the molecule is CCC(C)(CO)CNC1CCCCCC1C. The highest BCUT2D eigenvalue weighted by Crippen LogP contribution is 2.25. The van der Waals surface area contributed by atoms with Gasteiger partial charge in [-0.05, 0) is 25.2 Å². The Kier molecular flexibility index (Phi) is 5.77. The Morgan fingerprint density at radius 1 is 1.25 bits per heavy atom. The molecule has 1 aliphatic rings. The minimum absolute atomic E-state index is 0.0615. The molecule has 0 radical (unpaired) electrons. The van der Waals surface area contributed by atoms with E-state index in [1.165, 1.54) is 32.1 Å². The molecule has 0 saturated heterocycles. The highest BCUT2D eigenvalue weighted by molar-refractivity contribution is 4.81. The molecule has 2 N–H and O–H groups in total. The summed E-state index contributed by atoms with van der Waals surface area (Å²) < 4.78 is 0. The molecule has 16 heavy (non-hydrogen) atoms. The highest BCUT2D eigenvalue weighted by atomic mass is 16.3. The van der Waals surface area contributed by atoms with Gasteiger partial charge in [0.1, 0.15) is 0 Å². The van der Waals surface area contributed by atoms with Crippen molar-refractivity contribution in [3.63, 3.8) is 0 Å². The number of aliphatic hydroxyl groups excluding tert-OH is 1. The molecular weight excluding hydrogens is 198 g/mol. The fraction of sp³-hybridized carbons (Fsp3) is 1.00. The molecule has 0 aromatic carbocycles. The van der Waals surface area contributed by atoms with Gasteiger partial charge >= 0.3 is 0 Å². The lowest BCUT2D eigenvalue weighted by Gasteiger charge is -2.31. The topological polar surface area (TPSA) is 32.3 Å². The van der Waals surface area contributed by atoms with Crippen LogP contribution in [0, 0.1) is 11.3 Å². The van der Waals surface area contributed by atoms with Crippen LogP contribution in [0.15, 0.2) is 0 Å². The monoisotopic (exact) mass is 227 g/mol. The third-order valence-corrected chi connectivity index (χ3v) is 4.39. The summed E-state index contributed by atoms with van der Waals surface area (Å²) in [5, 5.41) is 13.1. The summed E-state index contributed by atoms with van der Waals surface area (Å²) in [6.45, 7) is 7.94. The lowest BCUT2D eigenvalue weighted by atomic mass is 9.87. The lowest BCUT2D eigenvalue weighted by molar-refractivity contribution is 0.127. The van der Waals surface area contributed by atoms with Crippen LogP contribution < -0.4 is 5.32 Å². The number of hydrogen-bond donors (Lipinski definition) is 2. The summed E-state index contributed by atoms with van der Waals surface area (Å²) in [4.78, 5) is 0. The van der Waals surface area contributed by atoms with Crippen LogP contribution in [0.25, 0.3) is 0 Å². The van der Waals surface area contributed by atoms with E-state index in [1.807, 2.05) is 0 Å². The van der Waals surface area contributed by atoms with Crippen molar-refractivity contribution in [1.29, 1.82) is 0 Å². The van der Waals surface area contributed by atoms with E-state index in [0.29, 0.717) is 6.04 Å². The van der Waals surface area contributed by atoms with Crippen molar-refractivity contribution in [3.05, 3.63) is 0 Å². The summed E-state index contributed by atoms with van der Waals surface area (Å²) in [5.74, 6) is 0.794. The van der Waals surface area contributed by atoms with Crippen LogP contribution in [0.2, 0.25) is 0 Å². The second kappa shape index (κ2) is 6.61. The van der Waals surface area contributed by atoms with Crippen LogP contribution in [-0.4, -0.2) is 24.3 Å². The summed E-state index contributed by atoms with van der Waals surface area (Å²) in [6, 6.07) is 0.667. The average molecular weight is 227 g/mol. The summed E-state index contributed by atoms with van der Waals surface area (Å²) in [7, 11) is 0. The molecule has 3 unspecified atom stereocenters. The fourth-order valence-corrected chi connectivity index (χ4v) is 2.47. The van der Waals surface area contributed by atoms with E-state index in [4.69, 9.17) is 0 Å². The molecule has 1 saturated carbocycles. The third kappa shape index (κ3) is 4.06. The molecule has 0 amide bonds. The zero-order chi connectivity index (χ0) is 12.0. The van der Waals surface area contributed by atoms with Crippen LogP contribution in [0.3, 0.4) is 0 Å². The second-order valence-corrected chi connectivity index (χ2v) is 5.93. The predicted molar refractivity (Wildman–Crippen MR) is 69.5 cm³/mol. The molecule has 0 aliphatic heterocycles. The largest absolute Gasteiger partial charge is 0.396 e. The molecule has 2 heteroatoms. The van der Waals surface area contributed by atoms with Crippen LogP contribution in [0.1, 0.15) is 59.3 Å². The Labute approximate surface area is 101 Å². The number of nitrogens with one attached hydrogen (secondary N) is 1. The molecule has 3 atom stereocenters. The maximum Gasteiger partial charge on any atom is 0.0496 e. The van der Waals surface area contributed by atoms with Crippen molar-refractivity contribution in [2.24, 2.45) is 11.3 Å². The van der Waals surface area contributed by atoms with E-state index in [1.54, 1.807) is 0 Å². The van der Waals surface area contributed by atoms with Gasteiger partial charge in [-0.2, -0.15) is 0 Å². The zero-order valence-electron chi connectivity index (χ0n) is 11.3. The second-order valence-electron chi connectivity index (χ2n) is 5.93. The molecule has 2 nitrogen and oxygen atoms in total. The van der Waals surface area contributed by atoms with Gasteiger partial charge in [0.05, 0.1) is 0 Å². The summed E-state index contributed by atoms with van der Waals surface area (Å²) in [5.41, 5.74) is 0.0615. The molecule has 1 rings (SSSR count). The minimum atomic E-state index is 0.0615. The molecule has 0 spiro atoms. The van der Waals surface area contributed by atoms with E-state index >= 15 is 0 Å². The molecule has 0 bridgehead atoms. The number of aliphatic hydroxyl groups is 1. The minimum Gasteiger partial charge on any atom is -0.396 e. The maximum atomic E-state index is 9.40. The fourth-order valence-electron chi connectivity index (χ4n) is 2.47. The van der Waals surface area contributed by atoms with Gasteiger partial charge in [-0.1, -0.05) is 40.0 Å². The van der Waals surface area contributed by atoms with Gasteiger partial charge in [0.2, 0.25) is 0 Å². The quantitative estimate of drug-likeness (QED) is 0.708. The molecule has 1 aliphatic carbocycles. The molecular formula is C14H29NO. The van der Waals surface area contributed by atoms with Crippen molar-refractivity contribution >= 4 is 0 Å². The van der Waals surface area contributed by atoms with Gasteiger partial charge in [0.25, 0.3) is 0 Å². The van der Waals surface area contributed by atoms with Crippen LogP contribution in [-0.2, 0) is 0 Å². The van der Waals surface area contributed by atoms with Crippen LogP contribution in [0.4, 0.5) is 0 Å². The smallest absolute Gasteiger partial charge is 0.0496 e. The van der Waals surface area contributed by atoms with Crippen LogP contribution in [0.5, 0.6) is 0 Å². The van der Waals surface area contributed by atoms with Gasteiger partial charge in [0.15, 0.2) is 0 Å². The number of rotatable bonds is 5. The van der Waals surface area contributed by atoms with E-state index in [0.717, 1.165) is 18.9 Å². The summed E-state index contributed by atoms with van der Waals surface area (Å²) >= 11 is 0. The molecule has 1 fully saturated rings. The van der Waals surface area contributed by atoms with Crippen molar-refractivity contribution < 1.29 is 5.11 Å². The molecule has 0 heterocycles. The Morgan fingerprint density at radius 2 is 1.94 bits per heavy atom. The van der Waals surface area contributed by atoms with Gasteiger partial charge in [-0.15, -0.1) is 0 Å². The highest BCUT2D eigenvalue weighted by Gasteiger charge is 2.25. The first kappa shape index (κ1) is 14.0. The van der Waals surface area contributed by atoms with Gasteiger partial charge in [-0.25, -0.2) is 0 Å². The standard InChI is InChI=1S/C14H29NO/c1-4-14(3,11-16)10-15-13-9-7-5-6-8-12(13)2/h12-13,15-16H,4-11H2,1-3H3. The van der Waals surface area contributed by atoms with Crippen molar-refractivity contribution in [2.45, 2.75) is 65.3 Å². The molecule has 96 valence electrons. The normalized spacial score (nSPS) is 30.8. The molecule has 0 aromatic rings. The Bertz CT molecular complexity index is 189. The first-order valence-corrected chi connectivity index (χ1v) is 6.95. The first-order chi connectivity index (χ1) is 7.61. The van der Waals surface area contributed by atoms with Gasteiger partial charge < -0.3 is 10.4 Å². The third-order valence-electron chi connectivity index (χ3n) is 4.39. The Hall–Kier alpha value is -0.0800. The van der Waals surface area contributed by atoms with Crippen molar-refractivity contribution in [1.82, 2.24) is 5.32 Å². The van der Waals surface area contributed by atoms with Gasteiger partial charge in [-0.3, -0.25) is 0 Å². The summed E-state index contributed by atoms with van der Waals surface area (Å²) in [6.07, 6.45) is 7.87. The maximum absolute atomic E-state index is 9.40. The van der Waals surface area contributed by atoms with E-state index in [9.17, 15) is 5.11 Å². The van der Waals surface area contributed by atoms with Gasteiger partial charge in [0, 0.05) is 24.6 Å². The van der Waals surface area contributed by atoms with Crippen molar-refractivity contribution in [3.8, 4) is 0 Å². The van der Waals surface area contributed by atoms with Crippen molar-refractivity contribution in [2.75, 3.05) is 13.2 Å². The Morgan fingerprint density at radius 3 is 2.56 bits per heavy atom. The van der Waals surface area contributed by atoms with E-state index in [-0.39, 0.29) is 12.0 Å². The average Bonchev–Trinajstić information content (AvgIpc) is 2.51. The van der Waals surface area contributed by atoms with E-state index in [2.05, 4.69) is 26.1 Å². The predicted octanol–water partition coefficient (Wildman–Crippen LogP) is 2.95.